The molecule has 0 saturated carbocycles. The molecule has 7 nitrogen and oxygen atoms in total. The van der Waals surface area contributed by atoms with Gasteiger partial charge in [0.15, 0.2) is 0 Å². The molecule has 29 heavy (non-hydrogen) atoms. The number of rotatable bonds is 5. The van der Waals surface area contributed by atoms with Crippen LogP contribution < -0.4 is 19.8 Å². The molecule has 4 rings (SSSR count). The van der Waals surface area contributed by atoms with Crippen LogP contribution in [0.4, 0.5) is 0 Å². The van der Waals surface area contributed by atoms with E-state index < -0.39 is 23.6 Å². The maximum Gasteiger partial charge on any atom is 0.348 e. The van der Waals surface area contributed by atoms with Crippen molar-refractivity contribution in [2.75, 3.05) is 20.8 Å². The van der Waals surface area contributed by atoms with Gasteiger partial charge in [-0.3, -0.25) is 0 Å². The fraction of sp³-hybridized carbons (Fsp3) is 0.273. The van der Waals surface area contributed by atoms with Crippen LogP contribution in [0.15, 0.2) is 51.7 Å². The number of methoxy groups -OCH3 is 2. The minimum absolute atomic E-state index is 0.187. The average molecular weight is 396 g/mol. The molecule has 2 aromatic carbocycles. The van der Waals surface area contributed by atoms with E-state index in [9.17, 15) is 9.59 Å². The van der Waals surface area contributed by atoms with Crippen LogP contribution in [-0.4, -0.2) is 32.9 Å². The maximum atomic E-state index is 12.9. The molecule has 2 unspecified atom stereocenters. The zero-order chi connectivity index (χ0) is 20.5. The second kappa shape index (κ2) is 7.50. The molecule has 1 aromatic heterocycles. The first-order valence-electron chi connectivity index (χ1n) is 9.20. The Hall–Kier alpha value is -3.48. The average Bonchev–Trinajstić information content (AvgIpc) is 3.15. The normalized spacial score (nSPS) is 17.5. The predicted octanol–water partition coefficient (Wildman–Crippen LogP) is 3.27. The quantitative estimate of drug-likeness (QED) is 0.483. The van der Waals surface area contributed by atoms with Crippen molar-refractivity contribution in [3.05, 3.63) is 64.0 Å². The number of fused-ring (bicyclic) bond motifs is 3. The van der Waals surface area contributed by atoms with Gasteiger partial charge in [0.05, 0.1) is 37.7 Å². The summed E-state index contributed by atoms with van der Waals surface area (Å²) in [5.74, 6) is 0.0397. The van der Waals surface area contributed by atoms with Crippen LogP contribution in [-0.2, 0) is 9.53 Å². The van der Waals surface area contributed by atoms with Gasteiger partial charge >= 0.3 is 11.6 Å². The highest BCUT2D eigenvalue weighted by Crippen LogP contribution is 2.47. The molecule has 1 aliphatic rings. The fourth-order valence-corrected chi connectivity index (χ4v) is 3.69. The molecule has 7 heteroatoms. The Morgan fingerprint density at radius 3 is 2.62 bits per heavy atom. The molecular weight excluding hydrogens is 376 g/mol. The van der Waals surface area contributed by atoms with Crippen molar-refractivity contribution in [1.82, 2.24) is 0 Å². The van der Waals surface area contributed by atoms with E-state index in [2.05, 4.69) is 0 Å². The topological polar surface area (TPSA) is 84.2 Å². The minimum atomic E-state index is -1.06. The molecule has 1 aliphatic heterocycles. The molecular formula is C22H20O7. The minimum Gasteiger partial charge on any atom is -0.497 e. The number of hydrogen-bond donors (Lipinski definition) is 0. The van der Waals surface area contributed by atoms with Gasteiger partial charge in [-0.15, -0.1) is 0 Å². The van der Waals surface area contributed by atoms with E-state index in [-0.39, 0.29) is 12.2 Å². The lowest BCUT2D eigenvalue weighted by atomic mass is 9.87. The van der Waals surface area contributed by atoms with E-state index in [1.807, 2.05) is 6.07 Å². The van der Waals surface area contributed by atoms with Crippen LogP contribution in [0.1, 0.15) is 24.0 Å². The molecule has 2 heterocycles. The number of benzene rings is 2. The zero-order valence-electron chi connectivity index (χ0n) is 16.3. The fourth-order valence-electron chi connectivity index (χ4n) is 3.69. The molecule has 0 fully saturated rings. The number of esters is 1. The summed E-state index contributed by atoms with van der Waals surface area (Å²) in [6, 6.07) is 12.2. The van der Waals surface area contributed by atoms with Crippen LogP contribution in [0.5, 0.6) is 17.2 Å². The van der Waals surface area contributed by atoms with E-state index in [1.165, 1.54) is 14.2 Å². The molecule has 0 aliphatic carbocycles. The van der Waals surface area contributed by atoms with Crippen molar-refractivity contribution in [1.29, 1.82) is 0 Å². The van der Waals surface area contributed by atoms with Crippen LogP contribution in [0.2, 0.25) is 0 Å². The summed E-state index contributed by atoms with van der Waals surface area (Å²) in [5, 5.41) is 0.612. The summed E-state index contributed by atoms with van der Waals surface area (Å²) in [6.45, 7) is 1.90. The molecule has 2 atom stereocenters. The zero-order valence-corrected chi connectivity index (χ0v) is 16.3. The SMILES string of the molecule is CCOC(=O)C1Oc2c(c(=O)oc3ccccc23)C1c1cc(OC)ccc1OC. The number of para-hydroxylation sites is 1. The van der Waals surface area contributed by atoms with Gasteiger partial charge in [0, 0.05) is 5.56 Å². The van der Waals surface area contributed by atoms with Gasteiger partial charge in [0.1, 0.15) is 22.8 Å². The number of carbonyl (C=O) groups excluding carboxylic acids is 1. The van der Waals surface area contributed by atoms with Crippen molar-refractivity contribution in [3.63, 3.8) is 0 Å². The number of hydrogen-bond acceptors (Lipinski definition) is 7. The monoisotopic (exact) mass is 396 g/mol. The lowest BCUT2D eigenvalue weighted by Gasteiger charge is -2.20. The van der Waals surface area contributed by atoms with Gasteiger partial charge in [-0.1, -0.05) is 12.1 Å². The number of carbonyl (C=O) groups is 1. The smallest absolute Gasteiger partial charge is 0.348 e. The summed E-state index contributed by atoms with van der Waals surface area (Å²) >= 11 is 0. The largest absolute Gasteiger partial charge is 0.497 e. The van der Waals surface area contributed by atoms with E-state index in [0.717, 1.165) is 0 Å². The Bertz CT molecular complexity index is 1130. The standard InChI is InChI=1S/C22H20O7/c1-4-27-22(24)20-17(14-11-12(25-2)9-10-15(14)26-3)18-19(29-20)13-7-5-6-8-16(13)28-21(18)23/h5-11,17,20H,4H2,1-3H3. The summed E-state index contributed by atoms with van der Waals surface area (Å²) < 4.78 is 27.6. The van der Waals surface area contributed by atoms with Crippen LogP contribution in [0.3, 0.4) is 0 Å². The highest BCUT2D eigenvalue weighted by atomic mass is 16.6. The molecule has 0 radical (unpaired) electrons. The molecule has 0 N–H and O–H groups in total. The lowest BCUT2D eigenvalue weighted by Crippen LogP contribution is -2.32. The third-order valence-corrected chi connectivity index (χ3v) is 4.95. The Kier molecular flexibility index (Phi) is 4.88. The Morgan fingerprint density at radius 2 is 1.90 bits per heavy atom. The van der Waals surface area contributed by atoms with Gasteiger partial charge in [-0.25, -0.2) is 9.59 Å². The van der Waals surface area contributed by atoms with Crippen molar-refractivity contribution < 1.29 is 28.2 Å². The van der Waals surface area contributed by atoms with Gasteiger partial charge in [-0.05, 0) is 37.3 Å². The second-order valence-corrected chi connectivity index (χ2v) is 6.50. The number of ether oxygens (including phenoxy) is 4. The first kappa shape index (κ1) is 18.9. The van der Waals surface area contributed by atoms with Gasteiger partial charge < -0.3 is 23.4 Å². The van der Waals surface area contributed by atoms with Gasteiger partial charge in [0.25, 0.3) is 0 Å². The first-order chi connectivity index (χ1) is 14.1. The van der Waals surface area contributed by atoms with Crippen LogP contribution in [0.25, 0.3) is 11.0 Å². The van der Waals surface area contributed by atoms with Crippen molar-refractivity contribution in [2.45, 2.75) is 18.9 Å². The Morgan fingerprint density at radius 1 is 1.10 bits per heavy atom. The summed E-state index contributed by atoms with van der Waals surface area (Å²) in [7, 11) is 3.06. The molecule has 0 saturated heterocycles. The van der Waals surface area contributed by atoms with Crippen molar-refractivity contribution in [3.8, 4) is 17.2 Å². The highest BCUT2D eigenvalue weighted by molar-refractivity contribution is 5.88. The van der Waals surface area contributed by atoms with E-state index in [1.54, 1.807) is 43.3 Å². The van der Waals surface area contributed by atoms with Crippen LogP contribution >= 0.6 is 0 Å². The summed E-state index contributed by atoms with van der Waals surface area (Å²) in [4.78, 5) is 25.7. The van der Waals surface area contributed by atoms with E-state index >= 15 is 0 Å². The van der Waals surface area contributed by atoms with Crippen molar-refractivity contribution >= 4 is 16.9 Å². The Labute approximate surface area is 166 Å². The van der Waals surface area contributed by atoms with Crippen molar-refractivity contribution in [2.24, 2.45) is 0 Å². The van der Waals surface area contributed by atoms with Gasteiger partial charge in [0.2, 0.25) is 6.10 Å². The third kappa shape index (κ3) is 3.08. The molecule has 150 valence electrons. The lowest BCUT2D eigenvalue weighted by molar-refractivity contribution is -0.151. The van der Waals surface area contributed by atoms with Crippen LogP contribution in [0, 0.1) is 0 Å². The van der Waals surface area contributed by atoms with E-state index in [4.69, 9.17) is 23.4 Å². The molecule has 0 amide bonds. The molecule has 0 spiro atoms. The Balaban J connectivity index is 1.99. The second-order valence-electron chi connectivity index (χ2n) is 6.50. The highest BCUT2D eigenvalue weighted by Gasteiger charge is 2.46. The molecule has 3 aromatic rings. The maximum absolute atomic E-state index is 12.9. The first-order valence-corrected chi connectivity index (χ1v) is 9.20. The van der Waals surface area contributed by atoms with E-state index in [0.29, 0.717) is 33.8 Å². The van der Waals surface area contributed by atoms with Gasteiger partial charge in [-0.2, -0.15) is 0 Å². The molecule has 0 bridgehead atoms. The predicted molar refractivity (Wildman–Crippen MR) is 105 cm³/mol. The third-order valence-electron chi connectivity index (χ3n) is 4.95. The summed E-state index contributed by atoms with van der Waals surface area (Å²) in [5.41, 5.74) is 0.650. The summed E-state index contributed by atoms with van der Waals surface area (Å²) in [6.07, 6.45) is -1.06.